The lowest BCUT2D eigenvalue weighted by molar-refractivity contribution is 0.105. The summed E-state index contributed by atoms with van der Waals surface area (Å²) in [5.74, 6) is 1.30. The van der Waals surface area contributed by atoms with Crippen molar-refractivity contribution in [2.45, 2.75) is 32.4 Å². The van der Waals surface area contributed by atoms with Crippen molar-refractivity contribution in [2.24, 2.45) is 0 Å². The van der Waals surface area contributed by atoms with E-state index in [1.165, 1.54) is 22.3 Å². The molecule has 0 saturated carbocycles. The number of nitrogens with zero attached hydrogens (tertiary/aromatic N) is 3. The highest BCUT2D eigenvalue weighted by Crippen LogP contribution is 2.30. The van der Waals surface area contributed by atoms with E-state index >= 15 is 0 Å². The van der Waals surface area contributed by atoms with Crippen LogP contribution in [0.2, 0.25) is 0 Å². The highest BCUT2D eigenvalue weighted by Gasteiger charge is 2.27. The van der Waals surface area contributed by atoms with Crippen LogP contribution in [-0.4, -0.2) is 33.3 Å². The fourth-order valence-corrected chi connectivity index (χ4v) is 3.69. The molecular formula is C21H23N3O2. The van der Waals surface area contributed by atoms with E-state index in [0.717, 1.165) is 13.0 Å². The van der Waals surface area contributed by atoms with E-state index < -0.39 is 0 Å². The second-order valence-electron chi connectivity index (χ2n) is 6.83. The van der Waals surface area contributed by atoms with Crippen LogP contribution in [0, 0.1) is 6.92 Å². The Balaban J connectivity index is 1.48. The van der Waals surface area contributed by atoms with Gasteiger partial charge in [0, 0.05) is 6.54 Å². The third-order valence-corrected chi connectivity index (χ3v) is 5.15. The molecule has 2 heterocycles. The SMILES string of the molecule is Cc1ccccc1Cc1nc(CN2CCc3ccccc3C2CO)no1. The molecule has 5 nitrogen and oxygen atoms in total. The molecule has 1 aliphatic heterocycles. The Kier molecular flexibility index (Phi) is 4.82. The van der Waals surface area contributed by atoms with Crippen LogP contribution < -0.4 is 0 Å². The van der Waals surface area contributed by atoms with E-state index in [9.17, 15) is 5.11 Å². The molecule has 1 aromatic heterocycles. The molecule has 0 saturated heterocycles. The van der Waals surface area contributed by atoms with Gasteiger partial charge in [0.25, 0.3) is 0 Å². The number of hydrogen-bond acceptors (Lipinski definition) is 5. The number of hydrogen-bond donors (Lipinski definition) is 1. The number of rotatable bonds is 5. The van der Waals surface area contributed by atoms with Gasteiger partial charge in [-0.25, -0.2) is 0 Å². The fraction of sp³-hybridized carbons (Fsp3) is 0.333. The second kappa shape index (κ2) is 7.40. The lowest BCUT2D eigenvalue weighted by Gasteiger charge is -2.35. The first-order valence-electron chi connectivity index (χ1n) is 9.03. The number of benzene rings is 2. The Morgan fingerprint density at radius 2 is 1.96 bits per heavy atom. The van der Waals surface area contributed by atoms with Crippen LogP contribution >= 0.6 is 0 Å². The summed E-state index contributed by atoms with van der Waals surface area (Å²) in [4.78, 5) is 6.79. The van der Waals surface area contributed by atoms with Gasteiger partial charge in [-0.1, -0.05) is 53.7 Å². The largest absolute Gasteiger partial charge is 0.394 e. The molecule has 26 heavy (non-hydrogen) atoms. The Labute approximate surface area is 153 Å². The third kappa shape index (κ3) is 3.41. The van der Waals surface area contributed by atoms with Gasteiger partial charge in [-0.2, -0.15) is 4.98 Å². The van der Waals surface area contributed by atoms with Crippen molar-refractivity contribution in [3.05, 3.63) is 82.5 Å². The maximum absolute atomic E-state index is 9.91. The molecule has 1 unspecified atom stereocenters. The summed E-state index contributed by atoms with van der Waals surface area (Å²) in [5, 5.41) is 14.1. The van der Waals surface area contributed by atoms with Crippen LogP contribution in [0.15, 0.2) is 53.1 Å². The van der Waals surface area contributed by atoms with Gasteiger partial charge in [0.15, 0.2) is 5.82 Å². The fourth-order valence-electron chi connectivity index (χ4n) is 3.69. The topological polar surface area (TPSA) is 62.4 Å². The first-order chi connectivity index (χ1) is 12.7. The predicted octanol–water partition coefficient (Wildman–Crippen LogP) is 3.06. The highest BCUT2D eigenvalue weighted by atomic mass is 16.5. The molecule has 5 heteroatoms. The van der Waals surface area contributed by atoms with E-state index in [4.69, 9.17) is 4.52 Å². The van der Waals surface area contributed by atoms with Crippen molar-refractivity contribution in [3.8, 4) is 0 Å². The Bertz CT molecular complexity index is 890. The minimum Gasteiger partial charge on any atom is -0.394 e. The minimum absolute atomic E-state index is 0.0155. The van der Waals surface area contributed by atoms with E-state index in [2.05, 4.69) is 52.3 Å². The van der Waals surface area contributed by atoms with Crippen LogP contribution in [0.5, 0.6) is 0 Å². The summed E-state index contributed by atoms with van der Waals surface area (Å²) in [6.45, 7) is 3.63. The highest BCUT2D eigenvalue weighted by molar-refractivity contribution is 5.32. The first kappa shape index (κ1) is 16.9. The van der Waals surface area contributed by atoms with Crippen molar-refractivity contribution >= 4 is 0 Å². The quantitative estimate of drug-likeness (QED) is 0.767. The second-order valence-corrected chi connectivity index (χ2v) is 6.83. The van der Waals surface area contributed by atoms with Gasteiger partial charge in [0.1, 0.15) is 0 Å². The standard InChI is InChI=1S/C21H23N3O2/c1-15-6-2-3-8-17(15)12-21-22-20(23-26-21)13-24-11-10-16-7-4-5-9-18(16)19(24)14-25/h2-9,19,25H,10-14H2,1H3. The first-order valence-corrected chi connectivity index (χ1v) is 9.03. The molecule has 0 spiro atoms. The van der Waals surface area contributed by atoms with Crippen molar-refractivity contribution in [2.75, 3.05) is 13.2 Å². The average Bonchev–Trinajstić information content (AvgIpc) is 3.10. The summed E-state index contributed by atoms with van der Waals surface area (Å²) in [6, 6.07) is 16.5. The molecule has 0 aliphatic carbocycles. The molecule has 134 valence electrons. The molecule has 3 aromatic rings. The molecule has 1 atom stereocenters. The van der Waals surface area contributed by atoms with Gasteiger partial charge >= 0.3 is 0 Å². The lowest BCUT2D eigenvalue weighted by Crippen LogP contribution is -2.37. The number of aromatic nitrogens is 2. The Hall–Kier alpha value is -2.50. The monoisotopic (exact) mass is 349 g/mol. The van der Waals surface area contributed by atoms with Gasteiger partial charge in [0.2, 0.25) is 5.89 Å². The Morgan fingerprint density at radius 1 is 1.15 bits per heavy atom. The zero-order chi connectivity index (χ0) is 17.9. The smallest absolute Gasteiger partial charge is 0.231 e. The van der Waals surface area contributed by atoms with Crippen molar-refractivity contribution in [1.82, 2.24) is 15.0 Å². The zero-order valence-electron chi connectivity index (χ0n) is 14.9. The maximum atomic E-state index is 9.91. The number of aryl methyl sites for hydroxylation is 1. The van der Waals surface area contributed by atoms with Crippen molar-refractivity contribution < 1.29 is 9.63 Å². The van der Waals surface area contributed by atoms with Crippen LogP contribution in [0.4, 0.5) is 0 Å². The van der Waals surface area contributed by atoms with E-state index in [0.29, 0.717) is 24.7 Å². The third-order valence-electron chi connectivity index (χ3n) is 5.15. The number of aliphatic hydroxyl groups excluding tert-OH is 1. The molecule has 4 rings (SSSR count). The van der Waals surface area contributed by atoms with E-state index in [1.807, 2.05) is 18.2 Å². The Morgan fingerprint density at radius 3 is 2.81 bits per heavy atom. The predicted molar refractivity (Wildman–Crippen MR) is 98.7 cm³/mol. The average molecular weight is 349 g/mol. The summed E-state index contributed by atoms with van der Waals surface area (Å²) in [7, 11) is 0. The van der Waals surface area contributed by atoms with Crippen LogP contribution in [-0.2, 0) is 19.4 Å². The maximum Gasteiger partial charge on any atom is 0.231 e. The number of aliphatic hydroxyl groups is 1. The lowest BCUT2D eigenvalue weighted by atomic mass is 9.93. The van der Waals surface area contributed by atoms with Crippen LogP contribution in [0.1, 0.15) is 40.0 Å². The molecule has 0 radical (unpaired) electrons. The zero-order valence-corrected chi connectivity index (χ0v) is 14.9. The van der Waals surface area contributed by atoms with Crippen LogP contribution in [0.25, 0.3) is 0 Å². The molecule has 2 aromatic carbocycles. The van der Waals surface area contributed by atoms with Crippen molar-refractivity contribution in [1.29, 1.82) is 0 Å². The molecule has 1 aliphatic rings. The molecule has 0 fully saturated rings. The van der Waals surface area contributed by atoms with Gasteiger partial charge in [0.05, 0.1) is 25.6 Å². The molecule has 0 amide bonds. The molecule has 0 bridgehead atoms. The van der Waals surface area contributed by atoms with Gasteiger partial charge in [-0.3, -0.25) is 4.90 Å². The summed E-state index contributed by atoms with van der Waals surface area (Å²) in [5.41, 5.74) is 4.93. The summed E-state index contributed by atoms with van der Waals surface area (Å²) < 4.78 is 5.45. The minimum atomic E-state index is -0.0155. The van der Waals surface area contributed by atoms with E-state index in [-0.39, 0.29) is 12.6 Å². The van der Waals surface area contributed by atoms with Gasteiger partial charge < -0.3 is 9.63 Å². The summed E-state index contributed by atoms with van der Waals surface area (Å²) >= 11 is 0. The summed E-state index contributed by atoms with van der Waals surface area (Å²) in [6.07, 6.45) is 1.62. The normalized spacial score (nSPS) is 17.2. The van der Waals surface area contributed by atoms with E-state index in [1.54, 1.807) is 0 Å². The van der Waals surface area contributed by atoms with Gasteiger partial charge in [-0.15, -0.1) is 0 Å². The number of fused-ring (bicyclic) bond motifs is 1. The van der Waals surface area contributed by atoms with Gasteiger partial charge in [-0.05, 0) is 35.6 Å². The molecular weight excluding hydrogens is 326 g/mol. The van der Waals surface area contributed by atoms with Crippen molar-refractivity contribution in [3.63, 3.8) is 0 Å². The van der Waals surface area contributed by atoms with Crippen LogP contribution in [0.3, 0.4) is 0 Å². The molecule has 1 N–H and O–H groups in total.